The highest BCUT2D eigenvalue weighted by Gasteiger charge is 2.26. The molecule has 1 aliphatic rings. The van der Waals surface area contributed by atoms with E-state index in [1.165, 1.54) is 12.8 Å². The fourth-order valence-electron chi connectivity index (χ4n) is 2.45. The number of amides is 1. The number of benzene rings is 2. The average Bonchev–Trinajstić information content (AvgIpc) is 3.29. The standard InChI is InChI=1S/C18H17NO/c1-2-11-19(13-14-7-8-14)18(20)17-10-9-15-5-3-4-6-16(15)12-17/h1,3-6,9-10,12,14H,7-8,11,13H2. The zero-order chi connectivity index (χ0) is 13.9. The average molecular weight is 263 g/mol. The molecule has 0 bridgehead atoms. The highest BCUT2D eigenvalue weighted by Crippen LogP contribution is 2.30. The molecule has 2 aromatic carbocycles. The highest BCUT2D eigenvalue weighted by molar-refractivity contribution is 5.98. The van der Waals surface area contributed by atoms with Gasteiger partial charge in [-0.1, -0.05) is 36.3 Å². The summed E-state index contributed by atoms with van der Waals surface area (Å²) in [7, 11) is 0. The minimum Gasteiger partial charge on any atom is -0.327 e. The van der Waals surface area contributed by atoms with Gasteiger partial charge in [-0.3, -0.25) is 4.79 Å². The highest BCUT2D eigenvalue weighted by atomic mass is 16.2. The van der Waals surface area contributed by atoms with E-state index in [0.29, 0.717) is 12.5 Å². The van der Waals surface area contributed by atoms with E-state index in [0.717, 1.165) is 22.9 Å². The van der Waals surface area contributed by atoms with Gasteiger partial charge in [-0.2, -0.15) is 0 Å². The van der Waals surface area contributed by atoms with Crippen LogP contribution in [0.5, 0.6) is 0 Å². The van der Waals surface area contributed by atoms with Gasteiger partial charge in [0.25, 0.3) is 5.91 Å². The van der Waals surface area contributed by atoms with Crippen LogP contribution in [0.25, 0.3) is 10.8 Å². The molecule has 0 aromatic heterocycles. The maximum Gasteiger partial charge on any atom is 0.254 e. The molecular formula is C18H17NO. The normalized spacial score (nSPS) is 13.9. The predicted molar refractivity (Wildman–Crippen MR) is 81.4 cm³/mol. The molecule has 1 amide bonds. The molecule has 3 rings (SSSR count). The lowest BCUT2D eigenvalue weighted by Crippen LogP contribution is -2.33. The van der Waals surface area contributed by atoms with Gasteiger partial charge in [0.1, 0.15) is 0 Å². The van der Waals surface area contributed by atoms with E-state index in [1.807, 2.05) is 42.5 Å². The fourth-order valence-corrected chi connectivity index (χ4v) is 2.45. The molecule has 2 aromatic rings. The predicted octanol–water partition coefficient (Wildman–Crippen LogP) is 3.33. The molecule has 0 unspecified atom stereocenters. The van der Waals surface area contributed by atoms with Crippen LogP contribution in [0.2, 0.25) is 0 Å². The van der Waals surface area contributed by atoms with Gasteiger partial charge in [0.05, 0.1) is 6.54 Å². The van der Waals surface area contributed by atoms with Crippen LogP contribution in [-0.4, -0.2) is 23.9 Å². The Labute approximate surface area is 119 Å². The van der Waals surface area contributed by atoms with Crippen LogP contribution in [0.1, 0.15) is 23.2 Å². The number of hydrogen-bond acceptors (Lipinski definition) is 1. The summed E-state index contributed by atoms with van der Waals surface area (Å²) < 4.78 is 0. The van der Waals surface area contributed by atoms with Crippen molar-refractivity contribution in [3.63, 3.8) is 0 Å². The van der Waals surface area contributed by atoms with Gasteiger partial charge in [-0.15, -0.1) is 6.42 Å². The molecule has 20 heavy (non-hydrogen) atoms. The van der Waals surface area contributed by atoms with Crippen LogP contribution in [0, 0.1) is 18.3 Å². The van der Waals surface area contributed by atoms with Crippen molar-refractivity contribution in [1.82, 2.24) is 4.90 Å². The Balaban J connectivity index is 1.87. The molecular weight excluding hydrogens is 246 g/mol. The molecule has 2 nitrogen and oxygen atoms in total. The van der Waals surface area contributed by atoms with Crippen molar-refractivity contribution in [1.29, 1.82) is 0 Å². The molecule has 1 fully saturated rings. The van der Waals surface area contributed by atoms with Crippen molar-refractivity contribution in [3.8, 4) is 12.3 Å². The number of fused-ring (bicyclic) bond motifs is 1. The zero-order valence-electron chi connectivity index (χ0n) is 11.4. The minimum absolute atomic E-state index is 0.0422. The lowest BCUT2D eigenvalue weighted by molar-refractivity contribution is 0.0770. The first-order chi connectivity index (χ1) is 9.78. The van der Waals surface area contributed by atoms with Crippen LogP contribution in [0.15, 0.2) is 42.5 Å². The van der Waals surface area contributed by atoms with Gasteiger partial charge in [-0.05, 0) is 41.7 Å². The summed E-state index contributed by atoms with van der Waals surface area (Å²) in [5.41, 5.74) is 0.722. The maximum absolute atomic E-state index is 12.6. The van der Waals surface area contributed by atoms with Gasteiger partial charge in [-0.25, -0.2) is 0 Å². The minimum atomic E-state index is 0.0422. The van der Waals surface area contributed by atoms with Crippen molar-refractivity contribution in [2.45, 2.75) is 12.8 Å². The Morgan fingerprint density at radius 3 is 2.65 bits per heavy atom. The lowest BCUT2D eigenvalue weighted by atomic mass is 10.1. The summed E-state index contributed by atoms with van der Waals surface area (Å²) in [6.07, 6.45) is 7.82. The number of nitrogens with zero attached hydrogens (tertiary/aromatic N) is 1. The van der Waals surface area contributed by atoms with E-state index < -0.39 is 0 Å². The molecule has 1 aliphatic carbocycles. The molecule has 0 N–H and O–H groups in total. The van der Waals surface area contributed by atoms with Crippen LogP contribution >= 0.6 is 0 Å². The maximum atomic E-state index is 12.6. The SMILES string of the molecule is C#CCN(CC1CC1)C(=O)c1ccc2ccccc2c1. The first-order valence-electron chi connectivity index (χ1n) is 6.99. The van der Waals surface area contributed by atoms with Crippen molar-refractivity contribution in [2.24, 2.45) is 5.92 Å². The van der Waals surface area contributed by atoms with Crippen LogP contribution in [0.3, 0.4) is 0 Å². The summed E-state index contributed by atoms with van der Waals surface area (Å²) in [6.45, 7) is 1.18. The van der Waals surface area contributed by atoms with E-state index in [-0.39, 0.29) is 5.91 Å². The molecule has 1 saturated carbocycles. The first kappa shape index (κ1) is 12.7. The Morgan fingerprint density at radius 1 is 1.20 bits per heavy atom. The Hall–Kier alpha value is -2.27. The summed E-state index contributed by atoms with van der Waals surface area (Å²) in [5, 5.41) is 2.24. The summed E-state index contributed by atoms with van der Waals surface area (Å²) in [6, 6.07) is 13.9. The third kappa shape index (κ3) is 2.67. The Bertz CT molecular complexity index is 679. The second-order valence-corrected chi connectivity index (χ2v) is 5.40. The van der Waals surface area contributed by atoms with Gasteiger partial charge >= 0.3 is 0 Å². The van der Waals surface area contributed by atoms with Crippen molar-refractivity contribution < 1.29 is 4.79 Å². The molecule has 2 heteroatoms. The largest absolute Gasteiger partial charge is 0.327 e. The van der Waals surface area contributed by atoms with E-state index >= 15 is 0 Å². The van der Waals surface area contributed by atoms with Crippen LogP contribution in [-0.2, 0) is 0 Å². The number of terminal acetylenes is 1. The van der Waals surface area contributed by atoms with Crippen molar-refractivity contribution in [3.05, 3.63) is 48.0 Å². The van der Waals surface area contributed by atoms with Gasteiger partial charge < -0.3 is 4.90 Å². The molecule has 0 spiro atoms. The van der Waals surface area contributed by atoms with E-state index in [4.69, 9.17) is 6.42 Å². The molecule has 0 radical (unpaired) electrons. The van der Waals surface area contributed by atoms with Crippen LogP contribution < -0.4 is 0 Å². The summed E-state index contributed by atoms with van der Waals surface area (Å²) >= 11 is 0. The number of rotatable bonds is 4. The second kappa shape index (κ2) is 5.38. The Kier molecular flexibility index (Phi) is 3.43. The second-order valence-electron chi connectivity index (χ2n) is 5.40. The summed E-state index contributed by atoms with van der Waals surface area (Å²) in [5.74, 6) is 3.28. The quantitative estimate of drug-likeness (QED) is 0.775. The van der Waals surface area contributed by atoms with Gasteiger partial charge in [0, 0.05) is 12.1 Å². The van der Waals surface area contributed by atoms with Crippen molar-refractivity contribution >= 4 is 16.7 Å². The fraction of sp³-hybridized carbons (Fsp3) is 0.278. The molecule has 0 atom stereocenters. The number of carbonyl (C=O) groups is 1. The molecule has 100 valence electrons. The lowest BCUT2D eigenvalue weighted by Gasteiger charge is -2.20. The molecule has 0 heterocycles. The van der Waals surface area contributed by atoms with E-state index in [9.17, 15) is 4.79 Å². The topological polar surface area (TPSA) is 20.3 Å². The monoisotopic (exact) mass is 263 g/mol. The summed E-state index contributed by atoms with van der Waals surface area (Å²) in [4.78, 5) is 14.4. The first-order valence-corrected chi connectivity index (χ1v) is 6.99. The van der Waals surface area contributed by atoms with E-state index in [2.05, 4.69) is 5.92 Å². The van der Waals surface area contributed by atoms with Gasteiger partial charge in [0.15, 0.2) is 0 Å². The van der Waals surface area contributed by atoms with E-state index in [1.54, 1.807) is 4.90 Å². The molecule has 0 aliphatic heterocycles. The Morgan fingerprint density at radius 2 is 1.95 bits per heavy atom. The number of hydrogen-bond donors (Lipinski definition) is 0. The van der Waals surface area contributed by atoms with Crippen LogP contribution in [0.4, 0.5) is 0 Å². The third-order valence-corrected chi connectivity index (χ3v) is 3.74. The van der Waals surface area contributed by atoms with Gasteiger partial charge in [0.2, 0.25) is 0 Å². The smallest absolute Gasteiger partial charge is 0.254 e. The third-order valence-electron chi connectivity index (χ3n) is 3.74. The van der Waals surface area contributed by atoms with Crippen molar-refractivity contribution in [2.75, 3.05) is 13.1 Å². The molecule has 0 saturated heterocycles. The number of carbonyl (C=O) groups excluding carboxylic acids is 1. The zero-order valence-corrected chi connectivity index (χ0v) is 11.4.